The van der Waals surface area contributed by atoms with Crippen LogP contribution in [0.3, 0.4) is 0 Å². The van der Waals surface area contributed by atoms with E-state index in [4.69, 9.17) is 23.8 Å². The molecule has 1 fully saturated rings. The van der Waals surface area contributed by atoms with Gasteiger partial charge in [0.25, 0.3) is 11.6 Å². The summed E-state index contributed by atoms with van der Waals surface area (Å²) < 4.78 is 0.809. The average molecular weight is 498 g/mol. The topological polar surface area (TPSA) is 87.5 Å². The summed E-state index contributed by atoms with van der Waals surface area (Å²) in [7, 11) is 0. The van der Waals surface area contributed by atoms with Crippen molar-refractivity contribution in [3.63, 3.8) is 0 Å². The highest BCUT2D eigenvalue weighted by Gasteiger charge is 2.23. The lowest BCUT2D eigenvalue weighted by molar-refractivity contribution is -0.384. The van der Waals surface area contributed by atoms with Gasteiger partial charge in [-0.3, -0.25) is 20.2 Å². The fraction of sp³-hybridized carbons (Fsp3) is 0.263. The van der Waals surface area contributed by atoms with E-state index < -0.39 is 10.8 Å². The fourth-order valence-corrected chi connectivity index (χ4v) is 4.06. The van der Waals surface area contributed by atoms with Crippen molar-refractivity contribution in [2.45, 2.75) is 19.3 Å². The van der Waals surface area contributed by atoms with Gasteiger partial charge in [0.05, 0.1) is 15.6 Å². The third kappa shape index (κ3) is 5.43. The summed E-state index contributed by atoms with van der Waals surface area (Å²) >= 11 is 14.6. The van der Waals surface area contributed by atoms with Crippen molar-refractivity contribution in [1.29, 1.82) is 0 Å². The number of hydrogen-bond donors (Lipinski definition) is 2. The first-order chi connectivity index (χ1) is 13.8. The van der Waals surface area contributed by atoms with Crippen LogP contribution in [-0.4, -0.2) is 29.0 Å². The molecule has 10 heteroatoms. The highest BCUT2D eigenvalue weighted by Crippen LogP contribution is 2.31. The molecule has 3 rings (SSSR count). The fourth-order valence-electron chi connectivity index (χ4n) is 3.13. The monoisotopic (exact) mass is 496 g/mol. The maximum absolute atomic E-state index is 12.5. The maximum Gasteiger partial charge on any atom is 0.293 e. The van der Waals surface area contributed by atoms with Crippen molar-refractivity contribution >= 4 is 67.8 Å². The predicted octanol–water partition coefficient (Wildman–Crippen LogP) is 5.13. The molecule has 7 nitrogen and oxygen atoms in total. The van der Waals surface area contributed by atoms with Crippen LogP contribution in [0.4, 0.5) is 17.1 Å². The predicted molar refractivity (Wildman–Crippen MR) is 122 cm³/mol. The molecule has 2 N–H and O–H groups in total. The lowest BCUT2D eigenvalue weighted by atomic mass is 10.1. The van der Waals surface area contributed by atoms with E-state index in [1.807, 2.05) is 4.90 Å². The molecule has 0 radical (unpaired) electrons. The van der Waals surface area contributed by atoms with Crippen LogP contribution in [0.2, 0.25) is 5.02 Å². The molecule has 1 saturated heterocycles. The summed E-state index contributed by atoms with van der Waals surface area (Å²) in [5.41, 5.74) is 1.14. The molecule has 152 valence electrons. The van der Waals surface area contributed by atoms with Gasteiger partial charge < -0.3 is 10.2 Å². The van der Waals surface area contributed by atoms with Gasteiger partial charge in [0.1, 0.15) is 5.69 Å². The number of carbonyl (C=O) groups excluding carboxylic acids is 1. The Balaban J connectivity index is 1.73. The van der Waals surface area contributed by atoms with E-state index in [0.717, 1.165) is 36.8 Å². The molecule has 1 aliphatic rings. The van der Waals surface area contributed by atoms with E-state index in [1.54, 1.807) is 30.3 Å². The van der Waals surface area contributed by atoms with E-state index in [0.29, 0.717) is 16.4 Å². The number of halogens is 2. The molecule has 0 aliphatic carbocycles. The summed E-state index contributed by atoms with van der Waals surface area (Å²) in [4.78, 5) is 25.6. The van der Waals surface area contributed by atoms with Crippen LogP contribution in [0.1, 0.15) is 29.6 Å². The molecule has 0 saturated carbocycles. The van der Waals surface area contributed by atoms with Gasteiger partial charge in [-0.1, -0.05) is 27.5 Å². The standard InChI is InChI=1S/C19H18BrClN4O3S/c20-13-5-6-15(14(21)11-13)22-19(29)23-18(26)12-4-7-16(17(10-12)25(27)28)24-8-2-1-3-9-24/h4-7,10-11H,1-3,8-9H2,(H2,22,23,26,29). The number of piperidine rings is 1. The first-order valence-electron chi connectivity index (χ1n) is 8.96. The van der Waals surface area contributed by atoms with Gasteiger partial charge in [0.2, 0.25) is 0 Å². The molecule has 2 aromatic carbocycles. The Kier molecular flexibility index (Phi) is 7.05. The van der Waals surface area contributed by atoms with Gasteiger partial charge in [-0.05, 0) is 61.8 Å². The Morgan fingerprint density at radius 2 is 1.90 bits per heavy atom. The van der Waals surface area contributed by atoms with Crippen LogP contribution >= 0.6 is 39.7 Å². The van der Waals surface area contributed by atoms with Crippen LogP contribution in [0.15, 0.2) is 40.9 Å². The first-order valence-corrected chi connectivity index (χ1v) is 10.5. The van der Waals surface area contributed by atoms with Crippen molar-refractivity contribution in [3.05, 3.63) is 61.6 Å². The number of nitro groups is 1. The number of thiocarbonyl (C=S) groups is 1. The number of nitrogens with zero attached hydrogens (tertiary/aromatic N) is 2. The smallest absolute Gasteiger partial charge is 0.293 e. The van der Waals surface area contributed by atoms with Gasteiger partial charge in [-0.15, -0.1) is 0 Å². The average Bonchev–Trinajstić information content (AvgIpc) is 2.70. The summed E-state index contributed by atoms with van der Waals surface area (Å²) in [6.45, 7) is 1.54. The minimum Gasteiger partial charge on any atom is -0.366 e. The Morgan fingerprint density at radius 1 is 1.17 bits per heavy atom. The molecule has 0 atom stereocenters. The normalized spacial score (nSPS) is 13.7. The second-order valence-corrected chi connectivity index (χ2v) is 8.27. The SMILES string of the molecule is O=C(NC(=S)Nc1ccc(Br)cc1Cl)c1ccc(N2CCCCC2)c([N+](=O)[O-])c1. The Labute approximate surface area is 186 Å². The number of anilines is 2. The highest BCUT2D eigenvalue weighted by atomic mass is 79.9. The van der Waals surface area contributed by atoms with Gasteiger partial charge in [0.15, 0.2) is 5.11 Å². The molecular formula is C19H18BrClN4O3S. The van der Waals surface area contributed by atoms with Crippen molar-refractivity contribution in [1.82, 2.24) is 5.32 Å². The van der Waals surface area contributed by atoms with Gasteiger partial charge in [-0.2, -0.15) is 0 Å². The van der Waals surface area contributed by atoms with Crippen LogP contribution in [0, 0.1) is 10.1 Å². The van der Waals surface area contributed by atoms with Crippen LogP contribution in [-0.2, 0) is 0 Å². The molecule has 1 aliphatic heterocycles. The number of hydrogen-bond acceptors (Lipinski definition) is 5. The zero-order chi connectivity index (χ0) is 21.0. The second kappa shape index (κ2) is 9.51. The zero-order valence-corrected chi connectivity index (χ0v) is 18.4. The summed E-state index contributed by atoms with van der Waals surface area (Å²) in [5.74, 6) is -0.538. The van der Waals surface area contributed by atoms with E-state index in [1.165, 1.54) is 6.07 Å². The molecule has 0 bridgehead atoms. The van der Waals surface area contributed by atoms with Crippen molar-refractivity contribution in [3.8, 4) is 0 Å². The second-order valence-electron chi connectivity index (χ2n) is 6.54. The lowest BCUT2D eigenvalue weighted by Crippen LogP contribution is -2.34. The third-order valence-corrected chi connectivity index (χ3v) is 5.55. The molecule has 29 heavy (non-hydrogen) atoms. The Morgan fingerprint density at radius 3 is 2.55 bits per heavy atom. The van der Waals surface area contributed by atoms with Gasteiger partial charge >= 0.3 is 0 Å². The van der Waals surface area contributed by atoms with Crippen LogP contribution in [0.25, 0.3) is 0 Å². The first kappa shape index (κ1) is 21.5. The van der Waals surface area contributed by atoms with Crippen LogP contribution < -0.4 is 15.5 Å². The number of nitrogens with one attached hydrogen (secondary N) is 2. The van der Waals surface area contributed by atoms with Gasteiger partial charge in [0, 0.05) is 29.2 Å². The van der Waals surface area contributed by atoms with E-state index in [-0.39, 0.29) is 16.4 Å². The van der Waals surface area contributed by atoms with E-state index >= 15 is 0 Å². The minimum absolute atomic E-state index is 0.0435. The number of rotatable bonds is 4. The Hall–Kier alpha value is -2.23. The largest absolute Gasteiger partial charge is 0.366 e. The molecule has 0 spiro atoms. The number of carbonyl (C=O) groups is 1. The summed E-state index contributed by atoms with van der Waals surface area (Å²) in [6, 6.07) is 9.66. The minimum atomic E-state index is -0.538. The van der Waals surface area contributed by atoms with Crippen molar-refractivity contribution in [2.75, 3.05) is 23.3 Å². The molecule has 1 heterocycles. The molecule has 0 unspecified atom stereocenters. The van der Waals surface area contributed by atoms with Crippen molar-refractivity contribution < 1.29 is 9.72 Å². The summed E-state index contributed by atoms with van der Waals surface area (Å²) in [6.07, 6.45) is 3.12. The van der Waals surface area contributed by atoms with E-state index in [2.05, 4.69) is 26.6 Å². The third-order valence-electron chi connectivity index (χ3n) is 4.54. The number of benzene rings is 2. The lowest BCUT2D eigenvalue weighted by Gasteiger charge is -2.28. The molecular weight excluding hydrogens is 480 g/mol. The van der Waals surface area contributed by atoms with Gasteiger partial charge in [-0.25, -0.2) is 0 Å². The number of amides is 1. The van der Waals surface area contributed by atoms with Crippen molar-refractivity contribution in [2.24, 2.45) is 0 Å². The molecule has 2 aromatic rings. The van der Waals surface area contributed by atoms with E-state index in [9.17, 15) is 14.9 Å². The quantitative estimate of drug-likeness (QED) is 0.346. The number of nitro benzene ring substituents is 1. The molecule has 0 aromatic heterocycles. The zero-order valence-electron chi connectivity index (χ0n) is 15.3. The molecule has 1 amide bonds. The Bertz CT molecular complexity index is 966. The summed E-state index contributed by atoms with van der Waals surface area (Å²) in [5, 5.41) is 17.4. The maximum atomic E-state index is 12.5. The highest BCUT2D eigenvalue weighted by molar-refractivity contribution is 9.10. The van der Waals surface area contributed by atoms with Crippen LogP contribution in [0.5, 0.6) is 0 Å².